The van der Waals surface area contributed by atoms with Gasteiger partial charge in [0, 0.05) is 5.56 Å². The Morgan fingerprint density at radius 3 is 2.85 bits per heavy atom. The van der Waals surface area contributed by atoms with Crippen LogP contribution < -0.4 is 4.74 Å². The quantitative estimate of drug-likeness (QED) is 0.617. The van der Waals surface area contributed by atoms with E-state index in [0.29, 0.717) is 6.61 Å². The highest BCUT2D eigenvalue weighted by molar-refractivity contribution is 5.85. The van der Waals surface area contributed by atoms with Crippen LogP contribution in [0.3, 0.4) is 0 Å². The standard InChI is InChI=1S/C11H10O.ClH/c1-2-6-10-7-3-4-8-11(10)12-9-5-1;/h1-8H,9H2;1H/b5-1-,6-2-;. The average Bonchev–Trinajstić information content (AvgIpc) is 2.06. The van der Waals surface area contributed by atoms with E-state index in [1.165, 1.54) is 0 Å². The number of hydrogen-bond donors (Lipinski definition) is 0. The second-order valence-corrected chi connectivity index (χ2v) is 2.64. The highest BCUT2D eigenvalue weighted by atomic mass is 35.5. The lowest BCUT2D eigenvalue weighted by Crippen LogP contribution is -1.95. The second-order valence-electron chi connectivity index (χ2n) is 2.64. The van der Waals surface area contributed by atoms with Gasteiger partial charge in [-0.25, -0.2) is 0 Å². The predicted octanol–water partition coefficient (Wildman–Crippen LogP) is 3.07. The average molecular weight is 195 g/mol. The van der Waals surface area contributed by atoms with Gasteiger partial charge < -0.3 is 4.74 Å². The van der Waals surface area contributed by atoms with Crippen molar-refractivity contribution in [1.82, 2.24) is 0 Å². The molecule has 1 aliphatic heterocycles. The zero-order valence-corrected chi connectivity index (χ0v) is 7.96. The van der Waals surface area contributed by atoms with Crippen LogP contribution in [-0.2, 0) is 0 Å². The number of fused-ring (bicyclic) bond motifs is 1. The number of rotatable bonds is 0. The van der Waals surface area contributed by atoms with E-state index in [0.717, 1.165) is 11.3 Å². The minimum absolute atomic E-state index is 0. The zero-order chi connectivity index (χ0) is 8.23. The third kappa shape index (κ3) is 2.36. The molecule has 0 radical (unpaired) electrons. The normalized spacial score (nSPS) is 18.2. The maximum atomic E-state index is 5.49. The lowest BCUT2D eigenvalue weighted by Gasteiger charge is -2.07. The van der Waals surface area contributed by atoms with Crippen LogP contribution in [0.5, 0.6) is 5.75 Å². The fraction of sp³-hybridized carbons (Fsp3) is 0.0909. The maximum absolute atomic E-state index is 5.49. The summed E-state index contributed by atoms with van der Waals surface area (Å²) in [5.74, 6) is 0.957. The fourth-order valence-electron chi connectivity index (χ4n) is 1.18. The first kappa shape index (κ1) is 9.87. The summed E-state index contributed by atoms with van der Waals surface area (Å²) in [6.45, 7) is 0.654. The molecule has 0 saturated heterocycles. The Kier molecular flexibility index (Phi) is 3.59. The first-order valence-corrected chi connectivity index (χ1v) is 4.02. The molecule has 0 N–H and O–H groups in total. The molecule has 1 aromatic rings. The van der Waals surface area contributed by atoms with Crippen LogP contribution in [0.2, 0.25) is 0 Å². The van der Waals surface area contributed by atoms with Gasteiger partial charge in [0.25, 0.3) is 0 Å². The molecule has 1 heterocycles. The van der Waals surface area contributed by atoms with Crippen molar-refractivity contribution in [3.05, 3.63) is 48.1 Å². The Bertz CT molecular complexity index is 329. The summed E-state index contributed by atoms with van der Waals surface area (Å²) >= 11 is 0. The van der Waals surface area contributed by atoms with Crippen LogP contribution in [0.15, 0.2) is 42.5 Å². The summed E-state index contributed by atoms with van der Waals surface area (Å²) in [6.07, 6.45) is 8.06. The number of halogens is 1. The van der Waals surface area contributed by atoms with Crippen LogP contribution in [0.25, 0.3) is 6.08 Å². The zero-order valence-electron chi connectivity index (χ0n) is 7.14. The molecule has 0 fully saturated rings. The van der Waals surface area contributed by atoms with Crippen molar-refractivity contribution in [2.45, 2.75) is 0 Å². The molecule has 68 valence electrons. The number of hydrogen-bond acceptors (Lipinski definition) is 1. The highest BCUT2D eigenvalue weighted by Crippen LogP contribution is 2.20. The van der Waals surface area contributed by atoms with Gasteiger partial charge in [-0.1, -0.05) is 36.4 Å². The van der Waals surface area contributed by atoms with E-state index in [1.54, 1.807) is 0 Å². The van der Waals surface area contributed by atoms with Crippen LogP contribution in [0.4, 0.5) is 0 Å². The van der Waals surface area contributed by atoms with Crippen LogP contribution >= 0.6 is 12.4 Å². The number of para-hydroxylation sites is 1. The molecule has 0 amide bonds. The van der Waals surface area contributed by atoms with Crippen molar-refractivity contribution in [1.29, 1.82) is 0 Å². The van der Waals surface area contributed by atoms with E-state index < -0.39 is 0 Å². The Hall–Kier alpha value is -1.21. The minimum Gasteiger partial charge on any atom is -0.489 e. The Morgan fingerprint density at radius 2 is 1.92 bits per heavy atom. The summed E-state index contributed by atoms with van der Waals surface area (Å²) in [5, 5.41) is 0. The Labute approximate surface area is 84.1 Å². The summed E-state index contributed by atoms with van der Waals surface area (Å²) in [6, 6.07) is 8.03. The van der Waals surface area contributed by atoms with Crippen molar-refractivity contribution in [2.75, 3.05) is 6.61 Å². The molecule has 1 aromatic carbocycles. The predicted molar refractivity (Wildman–Crippen MR) is 57.4 cm³/mol. The fourth-order valence-corrected chi connectivity index (χ4v) is 1.18. The molecule has 2 rings (SSSR count). The molecule has 0 aliphatic carbocycles. The first-order chi connectivity index (χ1) is 5.97. The van der Waals surface area contributed by atoms with Gasteiger partial charge in [0.05, 0.1) is 0 Å². The molecule has 0 aromatic heterocycles. The largest absolute Gasteiger partial charge is 0.489 e. The van der Waals surface area contributed by atoms with Crippen molar-refractivity contribution in [2.24, 2.45) is 0 Å². The molecule has 1 aliphatic rings. The molecule has 1 nitrogen and oxygen atoms in total. The van der Waals surface area contributed by atoms with E-state index in [1.807, 2.05) is 48.6 Å². The van der Waals surface area contributed by atoms with Crippen molar-refractivity contribution in [3.8, 4) is 5.75 Å². The Morgan fingerprint density at radius 1 is 1.08 bits per heavy atom. The van der Waals surface area contributed by atoms with Gasteiger partial charge in [-0.3, -0.25) is 0 Å². The van der Waals surface area contributed by atoms with Gasteiger partial charge in [0.15, 0.2) is 0 Å². The van der Waals surface area contributed by atoms with Gasteiger partial charge in [-0.2, -0.15) is 0 Å². The molecule has 0 saturated carbocycles. The van der Waals surface area contributed by atoms with E-state index in [9.17, 15) is 0 Å². The van der Waals surface area contributed by atoms with Crippen LogP contribution in [-0.4, -0.2) is 6.61 Å². The van der Waals surface area contributed by atoms with Crippen LogP contribution in [0, 0.1) is 0 Å². The van der Waals surface area contributed by atoms with E-state index >= 15 is 0 Å². The molecule has 0 atom stereocenters. The van der Waals surface area contributed by atoms with Gasteiger partial charge in [-0.05, 0) is 12.1 Å². The topological polar surface area (TPSA) is 9.23 Å². The smallest absolute Gasteiger partial charge is 0.126 e. The molecule has 0 bridgehead atoms. The molecule has 0 spiro atoms. The van der Waals surface area contributed by atoms with Gasteiger partial charge in [0.1, 0.15) is 12.4 Å². The molecular formula is C11H11ClO. The van der Waals surface area contributed by atoms with Crippen LogP contribution in [0.1, 0.15) is 5.56 Å². The number of benzene rings is 1. The highest BCUT2D eigenvalue weighted by Gasteiger charge is 1.98. The third-order valence-corrected chi connectivity index (χ3v) is 1.78. The van der Waals surface area contributed by atoms with Crippen molar-refractivity contribution < 1.29 is 4.74 Å². The minimum atomic E-state index is 0. The summed E-state index contributed by atoms with van der Waals surface area (Å²) < 4.78 is 5.49. The SMILES string of the molecule is C1=C\COc2ccccc2\C=C/1.Cl. The second kappa shape index (κ2) is 4.73. The molecule has 0 unspecified atom stereocenters. The van der Waals surface area contributed by atoms with Gasteiger partial charge in [0.2, 0.25) is 0 Å². The van der Waals surface area contributed by atoms with Crippen molar-refractivity contribution >= 4 is 18.5 Å². The lowest BCUT2D eigenvalue weighted by molar-refractivity contribution is 0.362. The monoisotopic (exact) mass is 194 g/mol. The molecule has 13 heavy (non-hydrogen) atoms. The lowest BCUT2D eigenvalue weighted by atomic mass is 10.2. The molecular weight excluding hydrogens is 184 g/mol. The van der Waals surface area contributed by atoms with E-state index in [4.69, 9.17) is 4.74 Å². The first-order valence-electron chi connectivity index (χ1n) is 4.02. The number of allylic oxidation sites excluding steroid dienone is 2. The van der Waals surface area contributed by atoms with E-state index in [-0.39, 0.29) is 12.4 Å². The van der Waals surface area contributed by atoms with Crippen molar-refractivity contribution in [3.63, 3.8) is 0 Å². The number of ether oxygens (including phenoxy) is 1. The summed E-state index contributed by atoms with van der Waals surface area (Å²) in [5.41, 5.74) is 1.14. The van der Waals surface area contributed by atoms with Gasteiger partial charge in [-0.15, -0.1) is 12.4 Å². The third-order valence-electron chi connectivity index (χ3n) is 1.78. The summed E-state index contributed by atoms with van der Waals surface area (Å²) in [4.78, 5) is 0. The molecule has 2 heteroatoms. The van der Waals surface area contributed by atoms with E-state index in [2.05, 4.69) is 0 Å². The summed E-state index contributed by atoms with van der Waals surface area (Å²) in [7, 11) is 0. The van der Waals surface area contributed by atoms with Gasteiger partial charge >= 0.3 is 0 Å². The Balaban J connectivity index is 0.000000845. The maximum Gasteiger partial charge on any atom is 0.126 e.